The fourth-order valence-electron chi connectivity index (χ4n) is 1.18. The second-order valence-corrected chi connectivity index (χ2v) is 2.58. The van der Waals surface area contributed by atoms with Crippen molar-refractivity contribution in [1.82, 2.24) is 0 Å². The highest BCUT2D eigenvalue weighted by atomic mass is 16.3. The summed E-state index contributed by atoms with van der Waals surface area (Å²) >= 11 is 0. The molecule has 0 saturated heterocycles. The smallest absolute Gasteiger partial charge is 0.124 e. The zero-order valence-corrected chi connectivity index (χ0v) is 6.28. The molecule has 0 fully saturated rings. The lowest BCUT2D eigenvalue weighted by Gasteiger charge is -1.99. The SMILES string of the molecule is Oc1[c]c2cccc(O)c2cc1. The van der Waals surface area contributed by atoms with Crippen LogP contribution in [0.15, 0.2) is 30.3 Å². The molecule has 0 amide bonds. The predicted molar refractivity (Wildman–Crippen MR) is 46.1 cm³/mol. The van der Waals surface area contributed by atoms with Gasteiger partial charge < -0.3 is 10.2 Å². The van der Waals surface area contributed by atoms with E-state index in [1.54, 1.807) is 24.3 Å². The lowest BCUT2D eigenvalue weighted by atomic mass is 10.1. The third-order valence-electron chi connectivity index (χ3n) is 1.75. The van der Waals surface area contributed by atoms with E-state index in [0.717, 1.165) is 5.39 Å². The maximum absolute atomic E-state index is 9.36. The van der Waals surface area contributed by atoms with E-state index in [4.69, 9.17) is 5.11 Å². The Morgan fingerprint density at radius 3 is 2.67 bits per heavy atom. The molecule has 0 aliphatic carbocycles. The molecule has 2 rings (SSSR count). The minimum atomic E-state index is 0.0908. The highest BCUT2D eigenvalue weighted by Crippen LogP contribution is 2.26. The van der Waals surface area contributed by atoms with E-state index in [-0.39, 0.29) is 11.5 Å². The highest BCUT2D eigenvalue weighted by Gasteiger charge is 1.98. The summed E-state index contributed by atoms with van der Waals surface area (Å²) in [7, 11) is 0. The molecule has 2 aromatic carbocycles. The summed E-state index contributed by atoms with van der Waals surface area (Å²) in [5.41, 5.74) is 0. The van der Waals surface area contributed by atoms with Gasteiger partial charge in [-0.2, -0.15) is 0 Å². The molecule has 0 saturated carbocycles. The van der Waals surface area contributed by atoms with Crippen LogP contribution in [0.2, 0.25) is 0 Å². The van der Waals surface area contributed by atoms with E-state index >= 15 is 0 Å². The summed E-state index contributed by atoms with van der Waals surface area (Å²) in [6.45, 7) is 0. The van der Waals surface area contributed by atoms with Crippen LogP contribution < -0.4 is 0 Å². The number of phenols is 2. The summed E-state index contributed by atoms with van der Waals surface area (Å²) in [4.78, 5) is 0. The first-order chi connectivity index (χ1) is 5.77. The minimum absolute atomic E-state index is 0.0908. The third kappa shape index (κ3) is 0.975. The second-order valence-electron chi connectivity index (χ2n) is 2.58. The Bertz CT molecular complexity index is 421. The van der Waals surface area contributed by atoms with Gasteiger partial charge in [-0.15, -0.1) is 0 Å². The number of aromatic hydroxyl groups is 2. The Balaban J connectivity index is 2.86. The summed E-state index contributed by atoms with van der Waals surface area (Å²) in [5.74, 6) is 0.303. The molecule has 59 valence electrons. The zero-order valence-electron chi connectivity index (χ0n) is 6.28. The van der Waals surface area contributed by atoms with E-state index in [2.05, 4.69) is 6.07 Å². The average Bonchev–Trinajstić information content (AvgIpc) is 2.04. The molecule has 0 atom stereocenters. The Morgan fingerprint density at radius 2 is 1.83 bits per heavy atom. The molecule has 0 spiro atoms. The summed E-state index contributed by atoms with van der Waals surface area (Å²) < 4.78 is 0. The van der Waals surface area contributed by atoms with Gasteiger partial charge in [0.15, 0.2) is 0 Å². The van der Waals surface area contributed by atoms with Crippen molar-refractivity contribution in [3.63, 3.8) is 0 Å². The topological polar surface area (TPSA) is 40.5 Å². The monoisotopic (exact) mass is 159 g/mol. The van der Waals surface area contributed by atoms with Crippen LogP contribution in [-0.2, 0) is 0 Å². The fourth-order valence-corrected chi connectivity index (χ4v) is 1.18. The molecule has 2 nitrogen and oxygen atoms in total. The lowest BCUT2D eigenvalue weighted by molar-refractivity contribution is 0.474. The number of hydrogen-bond donors (Lipinski definition) is 2. The maximum atomic E-state index is 9.36. The molecule has 1 radical (unpaired) electrons. The summed E-state index contributed by atoms with van der Waals surface area (Å²) in [6, 6.07) is 11.0. The van der Waals surface area contributed by atoms with E-state index in [0.29, 0.717) is 5.39 Å². The summed E-state index contributed by atoms with van der Waals surface area (Å²) in [5, 5.41) is 19.9. The Morgan fingerprint density at radius 1 is 1.00 bits per heavy atom. The molecule has 0 aliphatic rings. The molecule has 0 bridgehead atoms. The van der Waals surface area contributed by atoms with Crippen LogP contribution in [-0.4, -0.2) is 10.2 Å². The molecule has 0 aromatic heterocycles. The molecule has 2 N–H and O–H groups in total. The number of phenolic OH excluding ortho intramolecular Hbond substituents is 2. The first kappa shape index (κ1) is 6.98. The van der Waals surface area contributed by atoms with E-state index in [9.17, 15) is 5.11 Å². The predicted octanol–water partition coefficient (Wildman–Crippen LogP) is 2.05. The van der Waals surface area contributed by atoms with Crippen LogP contribution >= 0.6 is 0 Å². The second kappa shape index (κ2) is 2.41. The maximum Gasteiger partial charge on any atom is 0.124 e. The van der Waals surface area contributed by atoms with Gasteiger partial charge in [-0.3, -0.25) is 0 Å². The van der Waals surface area contributed by atoms with Gasteiger partial charge in [-0.05, 0) is 23.6 Å². The van der Waals surface area contributed by atoms with Gasteiger partial charge in [0.25, 0.3) is 0 Å². The van der Waals surface area contributed by atoms with Gasteiger partial charge >= 0.3 is 0 Å². The number of hydrogen-bond acceptors (Lipinski definition) is 2. The van der Waals surface area contributed by atoms with Crippen LogP contribution in [0.1, 0.15) is 0 Å². The van der Waals surface area contributed by atoms with Crippen molar-refractivity contribution in [1.29, 1.82) is 0 Å². The normalized spacial score (nSPS) is 10.3. The van der Waals surface area contributed by atoms with Gasteiger partial charge in [0.05, 0.1) is 0 Å². The molecular weight excluding hydrogens is 152 g/mol. The molecule has 2 heteroatoms. The number of fused-ring (bicyclic) bond motifs is 1. The van der Waals surface area contributed by atoms with Crippen molar-refractivity contribution in [2.24, 2.45) is 0 Å². The number of benzene rings is 2. The fraction of sp³-hybridized carbons (Fsp3) is 0. The molecule has 0 heterocycles. The van der Waals surface area contributed by atoms with Crippen molar-refractivity contribution in [3.8, 4) is 11.5 Å². The van der Waals surface area contributed by atoms with Crippen molar-refractivity contribution in [2.45, 2.75) is 0 Å². The Labute approximate surface area is 69.7 Å². The average molecular weight is 159 g/mol. The van der Waals surface area contributed by atoms with E-state index in [1.165, 1.54) is 6.07 Å². The van der Waals surface area contributed by atoms with Crippen LogP contribution in [0.4, 0.5) is 0 Å². The van der Waals surface area contributed by atoms with Gasteiger partial charge in [0.1, 0.15) is 11.5 Å². The van der Waals surface area contributed by atoms with Crippen molar-refractivity contribution >= 4 is 10.8 Å². The van der Waals surface area contributed by atoms with Crippen LogP contribution in [0, 0.1) is 6.07 Å². The highest BCUT2D eigenvalue weighted by molar-refractivity contribution is 5.88. The van der Waals surface area contributed by atoms with Crippen LogP contribution in [0.3, 0.4) is 0 Å². The van der Waals surface area contributed by atoms with Gasteiger partial charge in [0.2, 0.25) is 0 Å². The first-order valence-corrected chi connectivity index (χ1v) is 3.60. The molecular formula is C10H7O2. The molecule has 2 aromatic rings. The first-order valence-electron chi connectivity index (χ1n) is 3.60. The molecule has 0 aliphatic heterocycles. The zero-order chi connectivity index (χ0) is 8.55. The lowest BCUT2D eigenvalue weighted by Crippen LogP contribution is -1.73. The van der Waals surface area contributed by atoms with Gasteiger partial charge in [-0.25, -0.2) is 0 Å². The van der Waals surface area contributed by atoms with Crippen molar-refractivity contribution in [2.75, 3.05) is 0 Å². The van der Waals surface area contributed by atoms with Crippen molar-refractivity contribution < 1.29 is 10.2 Å². The van der Waals surface area contributed by atoms with Gasteiger partial charge in [-0.1, -0.05) is 12.1 Å². The standard InChI is InChI=1S/C10H7O2/c11-8-4-5-9-7(6-8)2-1-3-10(9)12/h1-5,11-12H. The largest absolute Gasteiger partial charge is 0.507 e. The van der Waals surface area contributed by atoms with Crippen LogP contribution in [0.5, 0.6) is 11.5 Å². The third-order valence-corrected chi connectivity index (χ3v) is 1.75. The van der Waals surface area contributed by atoms with E-state index < -0.39 is 0 Å². The molecule has 0 unspecified atom stereocenters. The van der Waals surface area contributed by atoms with Gasteiger partial charge in [0, 0.05) is 11.5 Å². The summed E-state index contributed by atoms with van der Waals surface area (Å²) in [6.07, 6.45) is 0. The minimum Gasteiger partial charge on any atom is -0.507 e. The number of rotatable bonds is 0. The quantitative estimate of drug-likeness (QED) is 0.617. The Hall–Kier alpha value is -1.70. The van der Waals surface area contributed by atoms with Crippen molar-refractivity contribution in [3.05, 3.63) is 36.4 Å². The molecule has 12 heavy (non-hydrogen) atoms. The Kier molecular flexibility index (Phi) is 1.40. The van der Waals surface area contributed by atoms with Crippen LogP contribution in [0.25, 0.3) is 10.8 Å². The van der Waals surface area contributed by atoms with E-state index in [1.807, 2.05) is 0 Å².